The van der Waals surface area contributed by atoms with Crippen LogP contribution in [0.4, 0.5) is 0 Å². The Morgan fingerprint density at radius 2 is 1.75 bits per heavy atom. The zero-order chi connectivity index (χ0) is 22.7. The van der Waals surface area contributed by atoms with E-state index in [0.29, 0.717) is 18.4 Å². The molecule has 4 rings (SSSR count). The summed E-state index contributed by atoms with van der Waals surface area (Å²) in [6.07, 6.45) is 2.28. The third-order valence-electron chi connectivity index (χ3n) is 5.80. The Balaban J connectivity index is 1.37. The molecule has 1 aliphatic heterocycles. The lowest BCUT2D eigenvalue weighted by molar-refractivity contribution is -0.126. The fourth-order valence-electron chi connectivity index (χ4n) is 3.89. The van der Waals surface area contributed by atoms with Crippen LogP contribution in [0, 0.1) is 12.8 Å². The molecular weight excluding hydrogens is 426 g/mol. The number of rotatable bonds is 5. The van der Waals surface area contributed by atoms with Crippen molar-refractivity contribution >= 4 is 32.9 Å². The molecule has 1 amide bonds. The molecule has 0 atom stereocenters. The van der Waals surface area contributed by atoms with Crippen LogP contribution in [0.1, 0.15) is 24.0 Å². The summed E-state index contributed by atoms with van der Waals surface area (Å²) in [7, 11) is -3.56. The van der Waals surface area contributed by atoms with Crippen molar-refractivity contribution in [2.24, 2.45) is 11.0 Å². The van der Waals surface area contributed by atoms with Crippen molar-refractivity contribution in [1.29, 1.82) is 0 Å². The van der Waals surface area contributed by atoms with E-state index in [-0.39, 0.29) is 35.6 Å². The number of hydrogen-bond donors (Lipinski definition) is 2. The lowest BCUT2D eigenvalue weighted by atomic mass is 9.98. The lowest BCUT2D eigenvalue weighted by Gasteiger charge is -2.30. The van der Waals surface area contributed by atoms with E-state index in [1.165, 1.54) is 10.5 Å². The zero-order valence-corrected chi connectivity index (χ0v) is 18.5. The van der Waals surface area contributed by atoms with Gasteiger partial charge in [-0.3, -0.25) is 4.79 Å². The molecular formula is C24H25N3O4S. The van der Waals surface area contributed by atoms with E-state index in [0.717, 1.165) is 16.3 Å². The van der Waals surface area contributed by atoms with Crippen LogP contribution in [0.15, 0.2) is 70.7 Å². The van der Waals surface area contributed by atoms with Crippen LogP contribution in [0.5, 0.6) is 5.75 Å². The predicted molar refractivity (Wildman–Crippen MR) is 124 cm³/mol. The molecule has 0 radical (unpaired) electrons. The molecule has 1 fully saturated rings. The van der Waals surface area contributed by atoms with Gasteiger partial charge in [0.2, 0.25) is 15.9 Å². The second-order valence-corrected chi connectivity index (χ2v) is 9.88. The van der Waals surface area contributed by atoms with Crippen LogP contribution in [-0.2, 0) is 14.8 Å². The fraction of sp³-hybridized carbons (Fsp3) is 0.250. The quantitative estimate of drug-likeness (QED) is 0.459. The first-order valence-corrected chi connectivity index (χ1v) is 11.9. The summed E-state index contributed by atoms with van der Waals surface area (Å²) in [5.74, 6) is -0.498. The molecule has 2 N–H and O–H groups in total. The van der Waals surface area contributed by atoms with Crippen LogP contribution in [0.25, 0.3) is 10.8 Å². The molecule has 0 aromatic heterocycles. The number of aryl methyl sites for hydroxylation is 1. The molecule has 0 bridgehead atoms. The number of amides is 1. The number of phenols is 1. The van der Waals surface area contributed by atoms with Crippen molar-refractivity contribution in [3.05, 3.63) is 71.8 Å². The van der Waals surface area contributed by atoms with Crippen molar-refractivity contribution in [2.45, 2.75) is 24.7 Å². The van der Waals surface area contributed by atoms with E-state index >= 15 is 0 Å². The van der Waals surface area contributed by atoms with Gasteiger partial charge in [0, 0.05) is 24.6 Å². The zero-order valence-electron chi connectivity index (χ0n) is 17.7. The van der Waals surface area contributed by atoms with Gasteiger partial charge in [0.1, 0.15) is 5.75 Å². The second kappa shape index (κ2) is 9.10. The van der Waals surface area contributed by atoms with Crippen LogP contribution in [0.2, 0.25) is 0 Å². The van der Waals surface area contributed by atoms with Gasteiger partial charge in [-0.15, -0.1) is 0 Å². The van der Waals surface area contributed by atoms with Gasteiger partial charge in [-0.1, -0.05) is 48.0 Å². The maximum absolute atomic E-state index is 12.8. The maximum Gasteiger partial charge on any atom is 0.243 e. The Morgan fingerprint density at radius 3 is 2.47 bits per heavy atom. The van der Waals surface area contributed by atoms with Crippen LogP contribution < -0.4 is 5.43 Å². The van der Waals surface area contributed by atoms with Gasteiger partial charge in [0.05, 0.1) is 11.1 Å². The van der Waals surface area contributed by atoms with E-state index in [4.69, 9.17) is 0 Å². The topological polar surface area (TPSA) is 99.1 Å². The van der Waals surface area contributed by atoms with Crippen LogP contribution >= 0.6 is 0 Å². The average Bonchev–Trinajstić information content (AvgIpc) is 2.81. The number of carbonyl (C=O) groups is 1. The van der Waals surface area contributed by atoms with E-state index in [1.807, 2.05) is 37.3 Å². The number of piperidine rings is 1. The molecule has 166 valence electrons. The molecule has 0 aliphatic carbocycles. The maximum atomic E-state index is 12.8. The minimum Gasteiger partial charge on any atom is -0.507 e. The highest BCUT2D eigenvalue weighted by Gasteiger charge is 2.32. The summed E-state index contributed by atoms with van der Waals surface area (Å²) in [5, 5.41) is 16.0. The molecule has 1 aliphatic rings. The van der Waals surface area contributed by atoms with Gasteiger partial charge in [0.15, 0.2) is 0 Å². The van der Waals surface area contributed by atoms with Gasteiger partial charge in [-0.25, -0.2) is 13.8 Å². The van der Waals surface area contributed by atoms with E-state index in [1.54, 1.807) is 30.3 Å². The van der Waals surface area contributed by atoms with Crippen LogP contribution in [0.3, 0.4) is 0 Å². The summed E-state index contributed by atoms with van der Waals surface area (Å²) in [6.45, 7) is 2.47. The van der Waals surface area contributed by atoms with Gasteiger partial charge in [0.25, 0.3) is 0 Å². The lowest BCUT2D eigenvalue weighted by Crippen LogP contribution is -2.42. The van der Waals surface area contributed by atoms with Crippen molar-refractivity contribution in [2.75, 3.05) is 13.1 Å². The molecule has 1 heterocycles. The third kappa shape index (κ3) is 4.51. The van der Waals surface area contributed by atoms with E-state index < -0.39 is 10.0 Å². The van der Waals surface area contributed by atoms with E-state index in [2.05, 4.69) is 10.5 Å². The van der Waals surface area contributed by atoms with E-state index in [9.17, 15) is 18.3 Å². The number of fused-ring (bicyclic) bond motifs is 1. The Bertz CT molecular complexity index is 1260. The number of hydrogen-bond acceptors (Lipinski definition) is 5. The normalized spacial score (nSPS) is 15.9. The van der Waals surface area contributed by atoms with Crippen LogP contribution in [-0.4, -0.2) is 43.0 Å². The van der Waals surface area contributed by atoms with Gasteiger partial charge < -0.3 is 5.11 Å². The smallest absolute Gasteiger partial charge is 0.243 e. The standard InChI is InChI=1S/C24H25N3O4S/c1-17-6-9-20(10-7-17)32(30,31)27-14-12-19(13-15-27)24(29)26-25-16-22-21-5-3-2-4-18(21)8-11-23(22)28/h2-11,16,19,28H,12-15H2,1H3,(H,26,29)/b25-16-. The Kier molecular flexibility index (Phi) is 6.25. The predicted octanol–water partition coefficient (Wildman–Crippen LogP) is 3.40. The SMILES string of the molecule is Cc1ccc(S(=O)(=O)N2CCC(C(=O)N/N=C\c3c(O)ccc4ccccc34)CC2)cc1. The molecule has 3 aromatic rings. The number of benzene rings is 3. The number of sulfonamides is 1. The number of nitrogens with zero attached hydrogens (tertiary/aromatic N) is 2. The first-order valence-electron chi connectivity index (χ1n) is 10.5. The van der Waals surface area contributed by atoms with Crippen molar-refractivity contribution < 1.29 is 18.3 Å². The fourth-order valence-corrected chi connectivity index (χ4v) is 5.36. The monoisotopic (exact) mass is 451 g/mol. The molecule has 32 heavy (non-hydrogen) atoms. The molecule has 1 saturated heterocycles. The summed E-state index contributed by atoms with van der Waals surface area (Å²) in [6, 6.07) is 17.8. The molecule has 0 unspecified atom stereocenters. The number of phenolic OH excluding ortho intramolecular Hbond substituents is 1. The highest BCUT2D eigenvalue weighted by molar-refractivity contribution is 7.89. The minimum atomic E-state index is -3.56. The second-order valence-electron chi connectivity index (χ2n) is 7.95. The first kappa shape index (κ1) is 22.0. The molecule has 0 saturated carbocycles. The third-order valence-corrected chi connectivity index (χ3v) is 7.71. The highest BCUT2D eigenvalue weighted by Crippen LogP contribution is 2.26. The number of carbonyl (C=O) groups excluding carboxylic acids is 1. The minimum absolute atomic E-state index is 0.0799. The van der Waals surface area contributed by atoms with Gasteiger partial charge in [-0.2, -0.15) is 9.41 Å². The van der Waals surface area contributed by atoms with Gasteiger partial charge >= 0.3 is 0 Å². The van der Waals surface area contributed by atoms with Crippen molar-refractivity contribution in [3.8, 4) is 5.75 Å². The summed E-state index contributed by atoms with van der Waals surface area (Å²) >= 11 is 0. The number of hydrazone groups is 1. The summed E-state index contributed by atoms with van der Waals surface area (Å²) in [5.41, 5.74) is 4.06. The summed E-state index contributed by atoms with van der Waals surface area (Å²) < 4.78 is 27.1. The summed E-state index contributed by atoms with van der Waals surface area (Å²) in [4.78, 5) is 12.8. The number of aromatic hydroxyl groups is 1. The Hall–Kier alpha value is -3.23. The molecule has 8 heteroatoms. The average molecular weight is 452 g/mol. The first-order chi connectivity index (χ1) is 15.4. The van der Waals surface area contributed by atoms with Crippen molar-refractivity contribution in [3.63, 3.8) is 0 Å². The number of nitrogens with one attached hydrogen (secondary N) is 1. The molecule has 0 spiro atoms. The van der Waals surface area contributed by atoms with Gasteiger partial charge in [-0.05, 0) is 48.7 Å². The van der Waals surface area contributed by atoms with Crippen molar-refractivity contribution in [1.82, 2.24) is 9.73 Å². The molecule has 7 nitrogen and oxygen atoms in total. The highest BCUT2D eigenvalue weighted by atomic mass is 32.2. The Morgan fingerprint density at radius 1 is 1.06 bits per heavy atom. The Labute approximate surface area is 187 Å². The molecule has 3 aromatic carbocycles. The largest absolute Gasteiger partial charge is 0.507 e.